The maximum Gasteiger partial charge on any atom is 0.268 e. The van der Waals surface area contributed by atoms with Gasteiger partial charge in [0.05, 0.1) is 12.3 Å². The van der Waals surface area contributed by atoms with Crippen molar-refractivity contribution in [2.45, 2.75) is 33.2 Å². The van der Waals surface area contributed by atoms with Crippen LogP contribution in [-0.2, 0) is 6.54 Å². The van der Waals surface area contributed by atoms with Gasteiger partial charge in [-0.25, -0.2) is 5.10 Å². The fraction of sp³-hybridized carbons (Fsp3) is 0.412. The van der Waals surface area contributed by atoms with Crippen LogP contribution in [0.4, 0.5) is 0 Å². The maximum absolute atomic E-state index is 11.8. The van der Waals surface area contributed by atoms with E-state index in [0.717, 1.165) is 36.4 Å². The first-order chi connectivity index (χ1) is 10.7. The second kappa shape index (κ2) is 8.34. The summed E-state index contributed by atoms with van der Waals surface area (Å²) in [4.78, 5) is 11.8. The highest BCUT2D eigenvalue weighted by atomic mass is 16.5. The van der Waals surface area contributed by atoms with Crippen LogP contribution in [0.1, 0.15) is 32.3 Å². The summed E-state index contributed by atoms with van der Waals surface area (Å²) < 4.78 is 5.57. The highest BCUT2D eigenvalue weighted by Crippen LogP contribution is 2.20. The number of benzene rings is 1. The number of rotatable bonds is 8. The quantitative estimate of drug-likeness (QED) is 0.736. The zero-order valence-corrected chi connectivity index (χ0v) is 13.2. The number of hydrogen-bond donors (Lipinski definition) is 2. The van der Waals surface area contributed by atoms with Crippen molar-refractivity contribution in [2.24, 2.45) is 0 Å². The van der Waals surface area contributed by atoms with E-state index < -0.39 is 0 Å². The molecule has 22 heavy (non-hydrogen) atoms. The van der Waals surface area contributed by atoms with E-state index in [-0.39, 0.29) is 5.56 Å². The molecule has 0 amide bonds. The van der Waals surface area contributed by atoms with Gasteiger partial charge in [0.25, 0.3) is 5.56 Å². The number of nitrogens with zero attached hydrogens (tertiary/aromatic N) is 1. The van der Waals surface area contributed by atoms with Crippen LogP contribution in [0, 0.1) is 0 Å². The molecule has 0 unspecified atom stereocenters. The van der Waals surface area contributed by atoms with E-state index in [1.165, 1.54) is 0 Å². The Kier molecular flexibility index (Phi) is 6.15. The van der Waals surface area contributed by atoms with E-state index in [2.05, 4.69) is 29.4 Å². The number of aromatic amines is 1. The van der Waals surface area contributed by atoms with E-state index in [9.17, 15) is 4.79 Å². The zero-order chi connectivity index (χ0) is 15.8. The van der Waals surface area contributed by atoms with Crippen molar-refractivity contribution in [1.29, 1.82) is 0 Å². The van der Waals surface area contributed by atoms with Crippen LogP contribution in [0.15, 0.2) is 35.1 Å². The van der Waals surface area contributed by atoms with Gasteiger partial charge in [0.1, 0.15) is 5.75 Å². The summed E-state index contributed by atoms with van der Waals surface area (Å²) in [5, 5.41) is 9.92. The van der Waals surface area contributed by atoms with Crippen LogP contribution in [0.25, 0.3) is 11.3 Å². The molecule has 0 atom stereocenters. The Morgan fingerprint density at radius 1 is 1.18 bits per heavy atom. The summed E-state index contributed by atoms with van der Waals surface area (Å²) in [6, 6.07) is 9.59. The van der Waals surface area contributed by atoms with E-state index in [0.29, 0.717) is 18.7 Å². The smallest absolute Gasteiger partial charge is 0.268 e. The average molecular weight is 301 g/mol. The van der Waals surface area contributed by atoms with Crippen molar-refractivity contribution in [3.05, 3.63) is 46.2 Å². The van der Waals surface area contributed by atoms with Gasteiger partial charge < -0.3 is 10.1 Å². The van der Waals surface area contributed by atoms with E-state index >= 15 is 0 Å². The predicted molar refractivity (Wildman–Crippen MR) is 88.1 cm³/mol. The molecule has 2 aromatic rings. The van der Waals surface area contributed by atoms with Gasteiger partial charge >= 0.3 is 0 Å². The number of H-pyrrole nitrogens is 1. The third-order valence-electron chi connectivity index (χ3n) is 3.25. The molecule has 1 aromatic carbocycles. The highest BCUT2D eigenvalue weighted by Gasteiger charge is 2.05. The predicted octanol–water partition coefficient (Wildman–Crippen LogP) is 2.73. The van der Waals surface area contributed by atoms with Gasteiger partial charge in [-0.3, -0.25) is 4.79 Å². The fourth-order valence-electron chi connectivity index (χ4n) is 2.07. The Hall–Kier alpha value is -2.14. The van der Waals surface area contributed by atoms with Crippen molar-refractivity contribution in [1.82, 2.24) is 15.5 Å². The molecule has 0 aliphatic heterocycles. The molecule has 0 aliphatic carbocycles. The lowest BCUT2D eigenvalue weighted by Gasteiger charge is -2.07. The molecule has 0 radical (unpaired) electrons. The summed E-state index contributed by atoms with van der Waals surface area (Å²) >= 11 is 0. The average Bonchev–Trinajstić information content (AvgIpc) is 2.55. The van der Waals surface area contributed by atoms with Crippen LogP contribution < -0.4 is 15.6 Å². The standard InChI is InChI=1S/C17H23N3O2/c1-3-9-18-12-14-11-16(19-20-17(14)21)13-5-7-15(8-6-13)22-10-4-2/h5-8,11,18H,3-4,9-10,12H2,1-2H3,(H,20,21). The second-order valence-corrected chi connectivity index (χ2v) is 5.16. The lowest BCUT2D eigenvalue weighted by atomic mass is 10.1. The monoisotopic (exact) mass is 301 g/mol. The minimum absolute atomic E-state index is 0.143. The van der Waals surface area contributed by atoms with Crippen LogP contribution in [-0.4, -0.2) is 23.3 Å². The third-order valence-corrected chi connectivity index (χ3v) is 3.25. The summed E-state index contributed by atoms with van der Waals surface area (Å²) in [5.74, 6) is 0.847. The first-order valence-electron chi connectivity index (χ1n) is 7.77. The molecule has 0 spiro atoms. The Bertz CT molecular complexity index is 635. The van der Waals surface area contributed by atoms with Crippen molar-refractivity contribution in [2.75, 3.05) is 13.2 Å². The number of nitrogens with one attached hydrogen (secondary N) is 2. The van der Waals surface area contributed by atoms with Crippen molar-refractivity contribution in [3.63, 3.8) is 0 Å². The lowest BCUT2D eigenvalue weighted by Crippen LogP contribution is -2.22. The molecule has 0 fully saturated rings. The molecule has 0 saturated heterocycles. The van der Waals surface area contributed by atoms with Gasteiger partial charge in [0, 0.05) is 17.7 Å². The minimum Gasteiger partial charge on any atom is -0.494 e. The van der Waals surface area contributed by atoms with Crippen molar-refractivity contribution < 1.29 is 4.74 Å². The molecule has 5 heteroatoms. The Morgan fingerprint density at radius 3 is 2.64 bits per heavy atom. The van der Waals surface area contributed by atoms with Crippen molar-refractivity contribution >= 4 is 0 Å². The second-order valence-electron chi connectivity index (χ2n) is 5.16. The molecule has 0 bridgehead atoms. The van der Waals surface area contributed by atoms with Crippen LogP contribution in [0.5, 0.6) is 5.75 Å². The van der Waals surface area contributed by atoms with Crippen LogP contribution in [0.2, 0.25) is 0 Å². The summed E-state index contributed by atoms with van der Waals surface area (Å²) in [7, 11) is 0. The highest BCUT2D eigenvalue weighted by molar-refractivity contribution is 5.60. The summed E-state index contributed by atoms with van der Waals surface area (Å²) in [6.45, 7) is 6.32. The Balaban J connectivity index is 2.14. The molecule has 0 saturated carbocycles. The molecular formula is C17H23N3O2. The molecule has 1 heterocycles. The number of ether oxygens (including phenoxy) is 1. The molecule has 118 valence electrons. The first kappa shape index (κ1) is 16.2. The normalized spacial score (nSPS) is 10.6. The molecule has 5 nitrogen and oxygen atoms in total. The van der Waals surface area contributed by atoms with Gasteiger partial charge in [0.2, 0.25) is 0 Å². The Morgan fingerprint density at radius 2 is 1.95 bits per heavy atom. The Labute approximate surface area is 130 Å². The number of aromatic nitrogens is 2. The maximum atomic E-state index is 11.8. The molecule has 2 rings (SSSR count). The lowest BCUT2D eigenvalue weighted by molar-refractivity contribution is 0.317. The fourth-order valence-corrected chi connectivity index (χ4v) is 2.07. The molecule has 0 aliphatic rings. The van der Waals surface area contributed by atoms with E-state index in [1.54, 1.807) is 0 Å². The summed E-state index contributed by atoms with van der Waals surface area (Å²) in [6.07, 6.45) is 2.02. The van der Waals surface area contributed by atoms with Crippen LogP contribution in [0.3, 0.4) is 0 Å². The number of hydrogen-bond acceptors (Lipinski definition) is 4. The molecule has 2 N–H and O–H groups in total. The van der Waals surface area contributed by atoms with E-state index in [4.69, 9.17) is 4.74 Å². The van der Waals surface area contributed by atoms with Gasteiger partial charge in [-0.1, -0.05) is 13.8 Å². The van der Waals surface area contributed by atoms with Gasteiger partial charge in [-0.05, 0) is 49.7 Å². The summed E-state index contributed by atoms with van der Waals surface area (Å²) in [5.41, 5.74) is 2.27. The van der Waals surface area contributed by atoms with Gasteiger partial charge in [-0.2, -0.15) is 5.10 Å². The SMILES string of the molecule is CCCNCc1cc(-c2ccc(OCCC)cc2)n[nH]c1=O. The van der Waals surface area contributed by atoms with E-state index in [1.807, 2.05) is 30.3 Å². The molecule has 1 aromatic heterocycles. The third kappa shape index (κ3) is 4.43. The first-order valence-corrected chi connectivity index (χ1v) is 7.77. The van der Waals surface area contributed by atoms with Crippen LogP contribution >= 0.6 is 0 Å². The minimum atomic E-state index is -0.143. The molecular weight excluding hydrogens is 278 g/mol. The largest absolute Gasteiger partial charge is 0.494 e. The zero-order valence-electron chi connectivity index (χ0n) is 13.2. The van der Waals surface area contributed by atoms with Gasteiger partial charge in [0.15, 0.2) is 0 Å². The van der Waals surface area contributed by atoms with Crippen molar-refractivity contribution in [3.8, 4) is 17.0 Å². The van der Waals surface area contributed by atoms with Gasteiger partial charge in [-0.15, -0.1) is 0 Å². The topological polar surface area (TPSA) is 67.0 Å².